The van der Waals surface area contributed by atoms with E-state index in [1.807, 2.05) is 6.07 Å². The Balaban J connectivity index is 1.62. The Labute approximate surface area is 171 Å². The molecule has 0 amide bonds. The van der Waals surface area contributed by atoms with Gasteiger partial charge in [-0.05, 0) is 70.9 Å². The van der Waals surface area contributed by atoms with Crippen LogP contribution in [0.4, 0.5) is 0 Å². The maximum atomic E-state index is 11.9. The van der Waals surface area contributed by atoms with Gasteiger partial charge >= 0.3 is 0 Å². The molecule has 4 rings (SSSR count). The molecular formula is C23H19BrO2S. The van der Waals surface area contributed by atoms with Gasteiger partial charge in [-0.3, -0.25) is 9.59 Å². The van der Waals surface area contributed by atoms with E-state index in [2.05, 4.69) is 64.5 Å². The Kier molecular flexibility index (Phi) is 4.65. The van der Waals surface area contributed by atoms with Gasteiger partial charge in [0.15, 0.2) is 5.78 Å². The van der Waals surface area contributed by atoms with Crippen LogP contribution >= 0.6 is 27.3 Å². The minimum absolute atomic E-state index is 0.0751. The van der Waals surface area contributed by atoms with Gasteiger partial charge in [0.05, 0.1) is 9.20 Å². The van der Waals surface area contributed by atoms with E-state index in [9.17, 15) is 9.59 Å². The molecule has 0 aliphatic heterocycles. The highest BCUT2D eigenvalue weighted by Gasteiger charge is 2.48. The second-order valence-electron chi connectivity index (χ2n) is 7.14. The smallest absolute Gasteiger partial charge is 0.161 e. The van der Waals surface area contributed by atoms with Crippen LogP contribution in [-0.4, -0.2) is 11.6 Å². The average molecular weight is 439 g/mol. The molecule has 1 fully saturated rings. The lowest BCUT2D eigenvalue weighted by Gasteiger charge is -2.12. The largest absolute Gasteiger partial charge is 0.299 e. The first-order chi connectivity index (χ1) is 12.9. The molecule has 1 heterocycles. The second kappa shape index (κ2) is 6.84. The molecule has 1 aliphatic rings. The van der Waals surface area contributed by atoms with E-state index in [-0.39, 0.29) is 17.0 Å². The van der Waals surface area contributed by atoms with Crippen LogP contribution < -0.4 is 0 Å². The SMILES string of the molecule is CC(=O)c1cc(Br)sc1-c1ccc(-c2ccc(C3(C(C)=O)CC3)cc2)cc1. The van der Waals surface area contributed by atoms with E-state index >= 15 is 0 Å². The van der Waals surface area contributed by atoms with Crippen LogP contribution in [0.25, 0.3) is 21.6 Å². The van der Waals surface area contributed by atoms with Crippen molar-refractivity contribution in [2.45, 2.75) is 32.1 Å². The zero-order valence-corrected chi connectivity index (χ0v) is 17.6. The summed E-state index contributed by atoms with van der Waals surface area (Å²) in [5, 5.41) is 0. The van der Waals surface area contributed by atoms with Gasteiger partial charge in [0, 0.05) is 10.4 Å². The predicted octanol–water partition coefficient (Wildman–Crippen LogP) is 6.67. The van der Waals surface area contributed by atoms with Crippen molar-refractivity contribution < 1.29 is 9.59 Å². The Morgan fingerprint density at radius 2 is 1.41 bits per heavy atom. The first-order valence-corrected chi connectivity index (χ1v) is 10.5. The van der Waals surface area contributed by atoms with Gasteiger partial charge in [-0.2, -0.15) is 0 Å². The van der Waals surface area contributed by atoms with Crippen LogP contribution in [-0.2, 0) is 10.2 Å². The summed E-state index contributed by atoms with van der Waals surface area (Å²) in [6.45, 7) is 3.29. The van der Waals surface area contributed by atoms with Gasteiger partial charge < -0.3 is 0 Å². The highest BCUT2D eigenvalue weighted by atomic mass is 79.9. The molecule has 2 nitrogen and oxygen atoms in total. The summed E-state index contributed by atoms with van der Waals surface area (Å²) in [6, 6.07) is 18.5. The first-order valence-electron chi connectivity index (χ1n) is 8.93. The van der Waals surface area contributed by atoms with Crippen molar-refractivity contribution in [3.8, 4) is 21.6 Å². The van der Waals surface area contributed by atoms with Crippen molar-refractivity contribution in [1.29, 1.82) is 0 Å². The number of ketones is 2. The maximum Gasteiger partial charge on any atom is 0.161 e. The van der Waals surface area contributed by atoms with E-state index in [1.165, 1.54) is 0 Å². The van der Waals surface area contributed by atoms with Crippen molar-refractivity contribution in [2.24, 2.45) is 0 Å². The van der Waals surface area contributed by atoms with Gasteiger partial charge in [0.2, 0.25) is 0 Å². The van der Waals surface area contributed by atoms with Crippen molar-refractivity contribution in [2.75, 3.05) is 0 Å². The summed E-state index contributed by atoms with van der Waals surface area (Å²) < 4.78 is 0.960. The van der Waals surface area contributed by atoms with Crippen LogP contribution in [0.2, 0.25) is 0 Å². The lowest BCUT2D eigenvalue weighted by atomic mass is 9.90. The topological polar surface area (TPSA) is 34.1 Å². The van der Waals surface area contributed by atoms with Crippen LogP contribution in [0, 0.1) is 0 Å². The Bertz CT molecular complexity index is 1030. The fourth-order valence-electron chi connectivity index (χ4n) is 3.60. The molecule has 1 aliphatic carbocycles. The lowest BCUT2D eigenvalue weighted by molar-refractivity contribution is -0.119. The second-order valence-corrected chi connectivity index (χ2v) is 9.57. The van der Waals surface area contributed by atoms with Crippen molar-refractivity contribution >= 4 is 38.8 Å². The van der Waals surface area contributed by atoms with Gasteiger partial charge in [-0.15, -0.1) is 11.3 Å². The van der Waals surface area contributed by atoms with Gasteiger partial charge in [-0.25, -0.2) is 0 Å². The fourth-order valence-corrected chi connectivity index (χ4v) is 5.25. The summed E-state index contributed by atoms with van der Waals surface area (Å²) >= 11 is 5.06. The minimum atomic E-state index is -0.224. The molecular weight excluding hydrogens is 420 g/mol. The standard InChI is InChI=1S/C23H19BrO2S/c1-14(25)20-13-21(24)27-22(20)18-5-3-16(4-6-18)17-7-9-19(10-8-17)23(11-12-23)15(2)26/h3-10,13H,11-12H2,1-2H3. The minimum Gasteiger partial charge on any atom is -0.299 e. The number of Topliss-reactive ketones (excluding diaryl/α,β-unsaturated/α-hetero) is 2. The molecule has 0 N–H and O–H groups in total. The van der Waals surface area contributed by atoms with Gasteiger partial charge in [-0.1, -0.05) is 48.5 Å². The lowest BCUT2D eigenvalue weighted by Crippen LogP contribution is -2.16. The van der Waals surface area contributed by atoms with Gasteiger partial charge in [0.25, 0.3) is 0 Å². The molecule has 3 aromatic rings. The number of carbonyl (C=O) groups excluding carboxylic acids is 2. The molecule has 0 atom stereocenters. The molecule has 27 heavy (non-hydrogen) atoms. The van der Waals surface area contributed by atoms with Crippen LogP contribution in [0.5, 0.6) is 0 Å². The molecule has 136 valence electrons. The molecule has 0 spiro atoms. The number of hydrogen-bond donors (Lipinski definition) is 0. The van der Waals surface area contributed by atoms with Crippen LogP contribution in [0.3, 0.4) is 0 Å². The van der Waals surface area contributed by atoms with Crippen LogP contribution in [0.1, 0.15) is 42.6 Å². The summed E-state index contributed by atoms with van der Waals surface area (Å²) in [5.74, 6) is 0.342. The normalized spacial score (nSPS) is 14.8. The number of thiophene rings is 1. The first kappa shape index (κ1) is 18.3. The molecule has 0 saturated heterocycles. The number of hydrogen-bond acceptors (Lipinski definition) is 3. The zero-order chi connectivity index (χ0) is 19.2. The van der Waals surface area contributed by atoms with Crippen molar-refractivity contribution in [1.82, 2.24) is 0 Å². The molecule has 0 radical (unpaired) electrons. The highest BCUT2D eigenvalue weighted by molar-refractivity contribution is 9.11. The quantitative estimate of drug-likeness (QED) is 0.416. The Hall–Kier alpha value is -2.04. The van der Waals surface area contributed by atoms with E-state index in [1.54, 1.807) is 25.2 Å². The number of halogens is 1. The summed E-state index contributed by atoms with van der Waals surface area (Å²) in [5.41, 5.74) is 4.96. The number of rotatable bonds is 5. The number of benzene rings is 2. The summed E-state index contributed by atoms with van der Waals surface area (Å²) in [7, 11) is 0. The third kappa shape index (κ3) is 3.32. The molecule has 4 heteroatoms. The fraction of sp³-hybridized carbons (Fsp3) is 0.217. The monoisotopic (exact) mass is 438 g/mol. The van der Waals surface area contributed by atoms with E-state index in [4.69, 9.17) is 0 Å². The Morgan fingerprint density at radius 3 is 1.89 bits per heavy atom. The van der Waals surface area contributed by atoms with Crippen LogP contribution in [0.15, 0.2) is 58.4 Å². The summed E-state index contributed by atoms with van der Waals surface area (Å²) in [6.07, 6.45) is 1.93. The summed E-state index contributed by atoms with van der Waals surface area (Å²) in [4.78, 5) is 24.8. The third-order valence-corrected chi connectivity index (χ3v) is 7.11. The third-order valence-electron chi connectivity index (χ3n) is 5.42. The Morgan fingerprint density at radius 1 is 0.889 bits per heavy atom. The molecule has 0 unspecified atom stereocenters. The predicted molar refractivity (Wildman–Crippen MR) is 114 cm³/mol. The molecule has 2 aromatic carbocycles. The van der Waals surface area contributed by atoms with E-state index in [0.29, 0.717) is 0 Å². The molecule has 1 aromatic heterocycles. The molecule has 1 saturated carbocycles. The van der Waals surface area contributed by atoms with E-state index < -0.39 is 0 Å². The molecule has 0 bridgehead atoms. The van der Waals surface area contributed by atoms with Gasteiger partial charge in [0.1, 0.15) is 5.78 Å². The average Bonchev–Trinajstić information content (AvgIpc) is 3.39. The zero-order valence-electron chi connectivity index (χ0n) is 15.2. The maximum absolute atomic E-state index is 11.9. The van der Waals surface area contributed by atoms with Crippen molar-refractivity contribution in [3.63, 3.8) is 0 Å². The van der Waals surface area contributed by atoms with E-state index in [0.717, 1.165) is 49.3 Å². The van der Waals surface area contributed by atoms with Crippen molar-refractivity contribution in [3.05, 3.63) is 69.5 Å². The number of carbonyl (C=O) groups is 2. The highest BCUT2D eigenvalue weighted by Crippen LogP contribution is 2.49.